The van der Waals surface area contributed by atoms with Gasteiger partial charge in [0.05, 0.1) is 12.6 Å². The van der Waals surface area contributed by atoms with E-state index < -0.39 is 0 Å². The van der Waals surface area contributed by atoms with Crippen LogP contribution < -0.4 is 10.1 Å². The molecule has 3 nitrogen and oxygen atoms in total. The third-order valence-corrected chi connectivity index (χ3v) is 3.00. The van der Waals surface area contributed by atoms with Crippen molar-refractivity contribution in [3.05, 3.63) is 53.7 Å². The highest BCUT2D eigenvalue weighted by Gasteiger charge is 2.09. The average Bonchev–Trinajstić information content (AvgIpc) is 2.42. The van der Waals surface area contributed by atoms with Crippen LogP contribution in [0.3, 0.4) is 0 Å². The fraction of sp³-hybridized carbons (Fsp3) is 0.312. The average molecular weight is 256 g/mol. The molecule has 0 amide bonds. The topological polar surface area (TPSA) is 34.1 Å². The number of hydrogen-bond acceptors (Lipinski definition) is 3. The Hall–Kier alpha value is -2.03. The van der Waals surface area contributed by atoms with Gasteiger partial charge in [0, 0.05) is 6.20 Å². The third kappa shape index (κ3) is 3.47. The van der Waals surface area contributed by atoms with E-state index in [4.69, 9.17) is 4.74 Å². The molecule has 3 heteroatoms. The maximum atomic E-state index is 5.57. The largest absolute Gasteiger partial charge is 0.490 e. The molecular formula is C16H20N2O. The molecular weight excluding hydrogens is 236 g/mol. The Labute approximate surface area is 114 Å². The van der Waals surface area contributed by atoms with Crippen LogP contribution >= 0.6 is 0 Å². The summed E-state index contributed by atoms with van der Waals surface area (Å²) in [5.74, 6) is 1.58. The number of nitrogens with zero attached hydrogens (tertiary/aromatic N) is 1. The van der Waals surface area contributed by atoms with Crippen LogP contribution in [0.25, 0.3) is 0 Å². The van der Waals surface area contributed by atoms with Crippen LogP contribution in [-0.2, 0) is 0 Å². The van der Waals surface area contributed by atoms with E-state index >= 15 is 0 Å². The van der Waals surface area contributed by atoms with Gasteiger partial charge in [0.2, 0.25) is 0 Å². The van der Waals surface area contributed by atoms with Crippen LogP contribution in [-0.4, -0.2) is 11.6 Å². The molecule has 1 aromatic carbocycles. The smallest absolute Gasteiger partial charge is 0.169 e. The molecule has 1 heterocycles. The number of hydrogen-bond donors (Lipinski definition) is 1. The number of aromatic nitrogens is 1. The SMILES string of the molecule is CCOc1cccnc1NC(C)c1ccc(C)cc1. The zero-order valence-electron chi connectivity index (χ0n) is 11.7. The Balaban J connectivity index is 2.14. The molecule has 0 bridgehead atoms. The molecule has 1 aromatic heterocycles. The number of pyridine rings is 1. The summed E-state index contributed by atoms with van der Waals surface area (Å²) in [4.78, 5) is 4.34. The second kappa shape index (κ2) is 6.23. The molecule has 0 spiro atoms. The summed E-state index contributed by atoms with van der Waals surface area (Å²) >= 11 is 0. The first kappa shape index (κ1) is 13.4. The molecule has 1 N–H and O–H groups in total. The third-order valence-electron chi connectivity index (χ3n) is 3.00. The molecule has 0 saturated carbocycles. The Morgan fingerprint density at radius 1 is 1.21 bits per heavy atom. The van der Waals surface area contributed by atoms with Crippen molar-refractivity contribution in [1.29, 1.82) is 0 Å². The van der Waals surface area contributed by atoms with Gasteiger partial charge < -0.3 is 10.1 Å². The lowest BCUT2D eigenvalue weighted by Gasteiger charge is -2.17. The summed E-state index contributed by atoms with van der Waals surface area (Å²) in [6.45, 7) is 6.82. The second-order valence-electron chi connectivity index (χ2n) is 4.56. The van der Waals surface area contributed by atoms with Crippen molar-refractivity contribution >= 4 is 5.82 Å². The van der Waals surface area contributed by atoms with Gasteiger partial charge in [-0.2, -0.15) is 0 Å². The molecule has 0 aliphatic rings. The molecule has 1 unspecified atom stereocenters. The Kier molecular flexibility index (Phi) is 4.39. The Morgan fingerprint density at radius 3 is 2.63 bits per heavy atom. The van der Waals surface area contributed by atoms with Crippen LogP contribution in [0.15, 0.2) is 42.6 Å². The molecule has 0 saturated heterocycles. The highest BCUT2D eigenvalue weighted by Crippen LogP contribution is 2.25. The van der Waals surface area contributed by atoms with E-state index in [-0.39, 0.29) is 6.04 Å². The lowest BCUT2D eigenvalue weighted by atomic mass is 10.1. The summed E-state index contributed by atoms with van der Waals surface area (Å²) in [7, 11) is 0. The van der Waals surface area contributed by atoms with Crippen molar-refractivity contribution in [3.63, 3.8) is 0 Å². The maximum Gasteiger partial charge on any atom is 0.169 e. The minimum absolute atomic E-state index is 0.190. The molecule has 0 fully saturated rings. The quantitative estimate of drug-likeness (QED) is 0.879. The summed E-state index contributed by atoms with van der Waals surface area (Å²) in [5.41, 5.74) is 2.50. The molecule has 2 aromatic rings. The molecule has 19 heavy (non-hydrogen) atoms. The van der Waals surface area contributed by atoms with Crippen molar-refractivity contribution in [2.45, 2.75) is 26.8 Å². The monoisotopic (exact) mass is 256 g/mol. The van der Waals surface area contributed by atoms with Gasteiger partial charge in [-0.25, -0.2) is 4.98 Å². The highest BCUT2D eigenvalue weighted by molar-refractivity contribution is 5.51. The number of rotatable bonds is 5. The summed E-state index contributed by atoms with van der Waals surface area (Å²) in [5, 5.41) is 3.39. The predicted molar refractivity (Wildman–Crippen MR) is 78.6 cm³/mol. The van der Waals surface area contributed by atoms with E-state index in [0.29, 0.717) is 6.61 Å². The zero-order valence-corrected chi connectivity index (χ0v) is 11.7. The molecule has 0 radical (unpaired) electrons. The van der Waals surface area contributed by atoms with Crippen LogP contribution in [0.1, 0.15) is 31.0 Å². The van der Waals surface area contributed by atoms with Crippen molar-refractivity contribution < 1.29 is 4.74 Å². The number of benzene rings is 1. The van der Waals surface area contributed by atoms with Crippen LogP contribution in [0.4, 0.5) is 5.82 Å². The minimum Gasteiger partial charge on any atom is -0.490 e. The first-order valence-electron chi connectivity index (χ1n) is 6.61. The maximum absolute atomic E-state index is 5.57. The second-order valence-corrected chi connectivity index (χ2v) is 4.56. The van der Waals surface area contributed by atoms with E-state index in [1.807, 2.05) is 19.1 Å². The number of ether oxygens (including phenoxy) is 1. The molecule has 1 atom stereocenters. The van der Waals surface area contributed by atoms with Gasteiger partial charge in [0.1, 0.15) is 0 Å². The van der Waals surface area contributed by atoms with E-state index in [2.05, 4.69) is 48.4 Å². The van der Waals surface area contributed by atoms with Gasteiger partial charge in [-0.05, 0) is 38.5 Å². The van der Waals surface area contributed by atoms with Crippen LogP contribution in [0.2, 0.25) is 0 Å². The molecule has 0 aliphatic heterocycles. The fourth-order valence-corrected chi connectivity index (χ4v) is 1.91. The zero-order chi connectivity index (χ0) is 13.7. The highest BCUT2D eigenvalue weighted by atomic mass is 16.5. The summed E-state index contributed by atoms with van der Waals surface area (Å²) in [6.07, 6.45) is 1.77. The summed E-state index contributed by atoms with van der Waals surface area (Å²) < 4.78 is 5.57. The number of anilines is 1. The van der Waals surface area contributed by atoms with Crippen molar-refractivity contribution in [2.24, 2.45) is 0 Å². The number of aryl methyl sites for hydroxylation is 1. The van der Waals surface area contributed by atoms with Gasteiger partial charge in [-0.1, -0.05) is 29.8 Å². The van der Waals surface area contributed by atoms with E-state index in [1.54, 1.807) is 6.20 Å². The normalized spacial score (nSPS) is 11.9. The van der Waals surface area contributed by atoms with Crippen LogP contribution in [0.5, 0.6) is 5.75 Å². The van der Waals surface area contributed by atoms with Crippen LogP contribution in [0, 0.1) is 6.92 Å². The first-order valence-corrected chi connectivity index (χ1v) is 6.61. The van der Waals surface area contributed by atoms with E-state index in [1.165, 1.54) is 11.1 Å². The van der Waals surface area contributed by atoms with Crippen molar-refractivity contribution in [2.75, 3.05) is 11.9 Å². The summed E-state index contributed by atoms with van der Waals surface area (Å²) in [6, 6.07) is 12.5. The fourth-order valence-electron chi connectivity index (χ4n) is 1.91. The van der Waals surface area contributed by atoms with Gasteiger partial charge in [-0.3, -0.25) is 0 Å². The van der Waals surface area contributed by atoms with Crippen molar-refractivity contribution in [1.82, 2.24) is 4.98 Å². The Morgan fingerprint density at radius 2 is 1.95 bits per heavy atom. The van der Waals surface area contributed by atoms with E-state index in [9.17, 15) is 0 Å². The molecule has 100 valence electrons. The molecule has 2 rings (SSSR count). The number of nitrogens with one attached hydrogen (secondary N) is 1. The molecule has 0 aliphatic carbocycles. The van der Waals surface area contributed by atoms with E-state index in [0.717, 1.165) is 11.6 Å². The lowest BCUT2D eigenvalue weighted by molar-refractivity contribution is 0.340. The minimum atomic E-state index is 0.190. The van der Waals surface area contributed by atoms with Gasteiger partial charge in [0.25, 0.3) is 0 Å². The Bertz CT molecular complexity index is 523. The lowest BCUT2D eigenvalue weighted by Crippen LogP contribution is -2.09. The van der Waals surface area contributed by atoms with Gasteiger partial charge >= 0.3 is 0 Å². The predicted octanol–water partition coefficient (Wildman–Crippen LogP) is 3.96. The van der Waals surface area contributed by atoms with Gasteiger partial charge in [0.15, 0.2) is 11.6 Å². The first-order chi connectivity index (χ1) is 9.20. The standard InChI is InChI=1S/C16H20N2O/c1-4-19-15-6-5-11-17-16(15)18-13(3)14-9-7-12(2)8-10-14/h5-11,13H,4H2,1-3H3,(H,17,18). The van der Waals surface area contributed by atoms with Gasteiger partial charge in [-0.15, -0.1) is 0 Å². The van der Waals surface area contributed by atoms with Crippen molar-refractivity contribution in [3.8, 4) is 5.75 Å².